The summed E-state index contributed by atoms with van der Waals surface area (Å²) in [6.07, 6.45) is 4.25. The first-order chi connectivity index (χ1) is 14.3. The van der Waals surface area contributed by atoms with E-state index in [-0.39, 0.29) is 17.3 Å². The number of sulfonamides is 1. The molecule has 0 aliphatic carbocycles. The smallest absolute Gasteiger partial charge is 0.264 e. The summed E-state index contributed by atoms with van der Waals surface area (Å²) in [6.45, 7) is 6.24. The number of carbonyl (C=O) groups excluding carboxylic acids is 1. The molecule has 0 aromatic heterocycles. The van der Waals surface area contributed by atoms with Gasteiger partial charge in [-0.05, 0) is 49.1 Å². The number of benzene rings is 2. The number of amides is 1. The lowest BCUT2D eigenvalue weighted by Crippen LogP contribution is -2.42. The summed E-state index contributed by atoms with van der Waals surface area (Å²) in [7, 11) is -3.93. The van der Waals surface area contributed by atoms with Crippen molar-refractivity contribution in [3.8, 4) is 0 Å². The molecule has 1 amide bonds. The second kappa shape index (κ2) is 11.4. The van der Waals surface area contributed by atoms with Gasteiger partial charge in [-0.15, -0.1) is 0 Å². The third kappa shape index (κ3) is 6.22. The van der Waals surface area contributed by atoms with Gasteiger partial charge in [0.25, 0.3) is 10.0 Å². The maximum absolute atomic E-state index is 13.4. The molecule has 0 radical (unpaired) electrons. The highest BCUT2D eigenvalue weighted by molar-refractivity contribution is 7.92. The van der Waals surface area contributed by atoms with Crippen LogP contribution in [0.15, 0.2) is 53.4 Å². The van der Waals surface area contributed by atoms with Crippen molar-refractivity contribution < 1.29 is 13.2 Å². The molecule has 1 N–H and O–H groups in total. The molecule has 1 atom stereocenters. The van der Waals surface area contributed by atoms with Crippen molar-refractivity contribution in [1.82, 2.24) is 5.32 Å². The second-order valence-electron chi connectivity index (χ2n) is 7.43. The molecule has 5 nitrogen and oxygen atoms in total. The molecule has 164 valence electrons. The molecule has 30 heavy (non-hydrogen) atoms. The van der Waals surface area contributed by atoms with Gasteiger partial charge in [0.05, 0.1) is 10.6 Å². The molecular weight excluding hydrogens is 420 g/mol. The summed E-state index contributed by atoms with van der Waals surface area (Å²) in [4.78, 5) is 12.9. The number of carbonyl (C=O) groups is 1. The van der Waals surface area contributed by atoms with Crippen molar-refractivity contribution in [2.75, 3.05) is 17.4 Å². The van der Waals surface area contributed by atoms with Crippen LogP contribution in [0.5, 0.6) is 0 Å². The number of unbranched alkanes of at least 4 members (excludes halogenated alkanes) is 1. The van der Waals surface area contributed by atoms with Gasteiger partial charge in [-0.25, -0.2) is 8.42 Å². The highest BCUT2D eigenvalue weighted by Gasteiger charge is 2.28. The summed E-state index contributed by atoms with van der Waals surface area (Å²) in [5.41, 5.74) is 1.01. The Morgan fingerprint density at radius 1 is 1.10 bits per heavy atom. The lowest BCUT2D eigenvalue weighted by Gasteiger charge is -2.26. The minimum atomic E-state index is -3.93. The van der Waals surface area contributed by atoms with Crippen molar-refractivity contribution in [3.63, 3.8) is 0 Å². The van der Waals surface area contributed by atoms with E-state index in [0.717, 1.165) is 30.0 Å². The molecule has 0 saturated carbocycles. The van der Waals surface area contributed by atoms with Gasteiger partial charge in [0.15, 0.2) is 0 Å². The average molecular weight is 451 g/mol. The number of anilines is 1. The van der Waals surface area contributed by atoms with E-state index < -0.39 is 10.0 Å². The van der Waals surface area contributed by atoms with E-state index in [1.165, 1.54) is 12.1 Å². The van der Waals surface area contributed by atoms with Crippen molar-refractivity contribution >= 4 is 33.2 Å². The monoisotopic (exact) mass is 450 g/mol. The predicted molar refractivity (Wildman–Crippen MR) is 123 cm³/mol. The molecule has 0 saturated heterocycles. The van der Waals surface area contributed by atoms with Crippen LogP contribution < -0.4 is 9.62 Å². The van der Waals surface area contributed by atoms with Gasteiger partial charge in [0.2, 0.25) is 5.91 Å². The van der Waals surface area contributed by atoms with E-state index in [0.29, 0.717) is 28.7 Å². The molecule has 0 unspecified atom stereocenters. The predicted octanol–water partition coefficient (Wildman–Crippen LogP) is 5.18. The molecule has 7 heteroatoms. The lowest BCUT2D eigenvalue weighted by molar-refractivity contribution is -0.119. The Hall–Kier alpha value is -2.05. The first kappa shape index (κ1) is 24.2. The largest absolute Gasteiger partial charge is 0.354 e. The number of hydrogen-bond acceptors (Lipinski definition) is 3. The summed E-state index contributed by atoms with van der Waals surface area (Å²) in [5.74, 6) is 0.0600. The highest BCUT2D eigenvalue weighted by Crippen LogP contribution is 2.30. The number of nitrogens with zero attached hydrogens (tertiary/aromatic N) is 1. The van der Waals surface area contributed by atoms with Gasteiger partial charge < -0.3 is 5.32 Å². The van der Waals surface area contributed by atoms with E-state index >= 15 is 0 Å². The number of hydrogen-bond donors (Lipinski definition) is 1. The zero-order valence-corrected chi connectivity index (χ0v) is 19.5. The molecule has 0 aliphatic rings. The second-order valence-corrected chi connectivity index (χ2v) is 9.70. The Bertz CT molecular complexity index is 933. The van der Waals surface area contributed by atoms with Crippen LogP contribution in [-0.2, 0) is 14.8 Å². The van der Waals surface area contributed by atoms with Crippen molar-refractivity contribution in [3.05, 3.63) is 59.1 Å². The molecule has 0 fully saturated rings. The fraction of sp³-hybridized carbons (Fsp3) is 0.435. The number of nitrogens with one attached hydrogen (secondary N) is 1. The van der Waals surface area contributed by atoms with Crippen molar-refractivity contribution in [1.29, 1.82) is 0 Å². The van der Waals surface area contributed by atoms with Gasteiger partial charge >= 0.3 is 0 Å². The van der Waals surface area contributed by atoms with Crippen LogP contribution >= 0.6 is 11.6 Å². The van der Waals surface area contributed by atoms with E-state index in [1.807, 2.05) is 0 Å². The molecule has 2 rings (SSSR count). The van der Waals surface area contributed by atoms with Gasteiger partial charge in [-0.2, -0.15) is 0 Å². The molecular formula is C23H31ClN2O3S. The fourth-order valence-corrected chi connectivity index (χ4v) is 4.94. The average Bonchev–Trinajstić information content (AvgIpc) is 2.75. The van der Waals surface area contributed by atoms with Crippen LogP contribution in [0.25, 0.3) is 0 Å². The lowest BCUT2D eigenvalue weighted by atomic mass is 9.99. The van der Waals surface area contributed by atoms with Crippen LogP contribution in [0.3, 0.4) is 0 Å². The molecule has 0 bridgehead atoms. The quantitative estimate of drug-likeness (QED) is 0.513. The van der Waals surface area contributed by atoms with Crippen molar-refractivity contribution in [2.45, 2.75) is 51.3 Å². The zero-order chi connectivity index (χ0) is 22.1. The fourth-order valence-electron chi connectivity index (χ4n) is 3.27. The Balaban J connectivity index is 2.29. The van der Waals surface area contributed by atoms with Crippen LogP contribution in [-0.4, -0.2) is 27.4 Å². The molecule has 2 aromatic rings. The van der Waals surface area contributed by atoms with E-state index in [2.05, 4.69) is 19.2 Å². The first-order valence-electron chi connectivity index (χ1n) is 10.4. The normalized spacial score (nSPS) is 12.4. The Morgan fingerprint density at radius 2 is 1.80 bits per heavy atom. The third-order valence-corrected chi connectivity index (χ3v) is 7.44. The third-order valence-electron chi connectivity index (χ3n) is 5.26. The molecule has 0 heterocycles. The summed E-state index contributed by atoms with van der Waals surface area (Å²) < 4.78 is 27.9. The topological polar surface area (TPSA) is 66.5 Å². The van der Waals surface area contributed by atoms with E-state index in [9.17, 15) is 13.2 Å². The Morgan fingerprint density at radius 3 is 2.43 bits per heavy atom. The standard InChI is InChI=1S/C23H31ClN2O3S/c1-4-6-11-19(5-2)16-25-23(27)17-26(22-15-10-14-21(24)18(22)3)30(28,29)20-12-8-7-9-13-20/h7-10,12-15,19H,4-6,11,16-17H2,1-3H3,(H,25,27)/t19-/m0/s1. The molecule has 0 spiro atoms. The summed E-state index contributed by atoms with van der Waals surface area (Å²) in [5, 5.41) is 3.37. The molecule has 2 aromatic carbocycles. The van der Waals surface area contributed by atoms with Crippen LogP contribution in [0.1, 0.15) is 45.1 Å². The van der Waals surface area contributed by atoms with E-state index in [1.54, 1.807) is 43.3 Å². The SMILES string of the molecule is CCCC[C@H](CC)CNC(=O)CN(c1cccc(Cl)c1C)S(=O)(=O)c1ccccc1. The van der Waals surface area contributed by atoms with Gasteiger partial charge in [-0.3, -0.25) is 9.10 Å². The number of rotatable bonds is 11. The van der Waals surface area contributed by atoms with Gasteiger partial charge in [0.1, 0.15) is 6.54 Å². The summed E-state index contributed by atoms with van der Waals surface area (Å²) >= 11 is 6.24. The number of halogens is 1. The van der Waals surface area contributed by atoms with Gasteiger partial charge in [-0.1, -0.05) is 69.0 Å². The van der Waals surface area contributed by atoms with Crippen molar-refractivity contribution in [2.24, 2.45) is 5.92 Å². The minimum absolute atomic E-state index is 0.131. The van der Waals surface area contributed by atoms with Crippen LogP contribution in [0, 0.1) is 12.8 Å². The Labute approximate surface area is 185 Å². The van der Waals surface area contributed by atoms with E-state index in [4.69, 9.17) is 11.6 Å². The molecule has 0 aliphatic heterocycles. The first-order valence-corrected chi connectivity index (χ1v) is 12.2. The van der Waals surface area contributed by atoms with Crippen LogP contribution in [0.4, 0.5) is 5.69 Å². The maximum Gasteiger partial charge on any atom is 0.264 e. The van der Waals surface area contributed by atoms with Crippen LogP contribution in [0.2, 0.25) is 5.02 Å². The summed E-state index contributed by atoms with van der Waals surface area (Å²) in [6, 6.07) is 13.2. The minimum Gasteiger partial charge on any atom is -0.354 e. The highest BCUT2D eigenvalue weighted by atomic mass is 35.5. The maximum atomic E-state index is 13.4. The van der Waals surface area contributed by atoms with Gasteiger partial charge in [0, 0.05) is 11.6 Å². The zero-order valence-electron chi connectivity index (χ0n) is 17.9. The Kier molecular flexibility index (Phi) is 9.18.